The molecular formula is C23H24N6O3S. The molecule has 3 heterocycles. The lowest BCUT2D eigenvalue weighted by atomic mass is 10.1. The van der Waals surface area contributed by atoms with Crippen molar-refractivity contribution >= 4 is 34.2 Å². The molecular weight excluding hydrogens is 440 g/mol. The molecule has 0 spiro atoms. The largest absolute Gasteiger partial charge is 0.383 e. The van der Waals surface area contributed by atoms with Gasteiger partial charge in [-0.3, -0.25) is 14.6 Å². The second-order valence-electron chi connectivity index (χ2n) is 7.30. The normalized spacial score (nSPS) is 11.9. The Bertz CT molecular complexity index is 1200. The van der Waals surface area contributed by atoms with E-state index in [1.807, 2.05) is 41.8 Å². The monoisotopic (exact) mass is 464 g/mol. The fourth-order valence-corrected chi connectivity index (χ4v) is 4.24. The van der Waals surface area contributed by atoms with E-state index in [9.17, 15) is 9.59 Å². The number of amides is 2. The van der Waals surface area contributed by atoms with Crippen LogP contribution in [0.5, 0.6) is 0 Å². The molecule has 0 saturated carbocycles. The number of carbonyl (C=O) groups is 2. The molecule has 0 aliphatic carbocycles. The Labute approximate surface area is 195 Å². The molecule has 1 unspecified atom stereocenters. The van der Waals surface area contributed by atoms with Crippen molar-refractivity contribution in [2.45, 2.75) is 19.1 Å². The van der Waals surface area contributed by atoms with Crippen LogP contribution < -0.4 is 5.32 Å². The number of aromatic nitrogens is 4. The predicted molar refractivity (Wildman–Crippen MR) is 124 cm³/mol. The lowest BCUT2D eigenvalue weighted by Gasteiger charge is -2.31. The summed E-state index contributed by atoms with van der Waals surface area (Å²) in [4.78, 5) is 33.6. The Morgan fingerprint density at radius 2 is 1.97 bits per heavy atom. The van der Waals surface area contributed by atoms with Gasteiger partial charge in [0.15, 0.2) is 0 Å². The van der Waals surface area contributed by atoms with Crippen LogP contribution in [0.25, 0.3) is 11.0 Å². The van der Waals surface area contributed by atoms with E-state index in [1.54, 1.807) is 41.2 Å². The Kier molecular flexibility index (Phi) is 7.38. The van der Waals surface area contributed by atoms with Crippen LogP contribution in [-0.4, -0.2) is 57.0 Å². The van der Waals surface area contributed by atoms with Gasteiger partial charge in [-0.1, -0.05) is 23.4 Å². The first kappa shape index (κ1) is 22.6. The van der Waals surface area contributed by atoms with Crippen molar-refractivity contribution in [3.8, 4) is 0 Å². The topological polar surface area (TPSA) is 102 Å². The number of nitrogens with zero attached hydrogens (tertiary/aromatic N) is 5. The molecule has 9 nitrogen and oxygen atoms in total. The Morgan fingerprint density at radius 3 is 2.73 bits per heavy atom. The zero-order valence-electron chi connectivity index (χ0n) is 18.1. The number of thiophene rings is 1. The predicted octanol–water partition coefficient (Wildman–Crippen LogP) is 2.42. The molecule has 10 heteroatoms. The highest BCUT2D eigenvalue weighted by Crippen LogP contribution is 2.25. The summed E-state index contributed by atoms with van der Waals surface area (Å²) in [5.74, 6) is -0.533. The number of ether oxygens (including phenoxy) is 1. The second-order valence-corrected chi connectivity index (χ2v) is 8.34. The van der Waals surface area contributed by atoms with Gasteiger partial charge < -0.3 is 15.0 Å². The van der Waals surface area contributed by atoms with E-state index in [-0.39, 0.29) is 24.9 Å². The number of fused-ring (bicyclic) bond motifs is 1. The maximum Gasteiger partial charge on any atom is 0.247 e. The summed E-state index contributed by atoms with van der Waals surface area (Å²) in [5.41, 5.74) is 2.14. The number of benzene rings is 1. The number of pyridine rings is 1. The van der Waals surface area contributed by atoms with Crippen molar-refractivity contribution in [2.24, 2.45) is 0 Å². The molecule has 1 atom stereocenters. The fraction of sp³-hybridized carbons (Fsp3) is 0.261. The third-order valence-electron chi connectivity index (χ3n) is 5.12. The van der Waals surface area contributed by atoms with Crippen molar-refractivity contribution in [1.82, 2.24) is 30.2 Å². The van der Waals surface area contributed by atoms with Gasteiger partial charge in [-0.15, -0.1) is 16.4 Å². The quantitative estimate of drug-likeness (QED) is 0.362. The number of nitrogens with one attached hydrogen (secondary N) is 1. The molecule has 0 radical (unpaired) electrons. The minimum Gasteiger partial charge on any atom is -0.383 e. The lowest BCUT2D eigenvalue weighted by molar-refractivity contribution is -0.142. The van der Waals surface area contributed by atoms with Gasteiger partial charge in [0, 0.05) is 30.9 Å². The van der Waals surface area contributed by atoms with Gasteiger partial charge in [0.1, 0.15) is 18.1 Å². The van der Waals surface area contributed by atoms with E-state index < -0.39 is 6.04 Å². The van der Waals surface area contributed by atoms with Gasteiger partial charge in [0.25, 0.3) is 0 Å². The summed E-state index contributed by atoms with van der Waals surface area (Å²) >= 11 is 1.53. The number of rotatable bonds is 10. The summed E-state index contributed by atoms with van der Waals surface area (Å²) in [7, 11) is 1.57. The minimum atomic E-state index is -0.839. The molecule has 4 rings (SSSR count). The summed E-state index contributed by atoms with van der Waals surface area (Å²) in [6.07, 6.45) is 3.23. The molecule has 0 aliphatic rings. The summed E-state index contributed by atoms with van der Waals surface area (Å²) in [5, 5.41) is 13.1. The van der Waals surface area contributed by atoms with Crippen LogP contribution >= 0.6 is 11.3 Å². The summed E-state index contributed by atoms with van der Waals surface area (Å²) < 4.78 is 6.62. The highest BCUT2D eigenvalue weighted by molar-refractivity contribution is 7.09. The maximum absolute atomic E-state index is 13.7. The summed E-state index contributed by atoms with van der Waals surface area (Å²) in [6.45, 7) is 0.955. The van der Waals surface area contributed by atoms with Crippen LogP contribution in [0.15, 0.2) is 66.3 Å². The lowest BCUT2D eigenvalue weighted by Crippen LogP contribution is -2.45. The van der Waals surface area contributed by atoms with Crippen molar-refractivity contribution in [3.05, 3.63) is 76.7 Å². The smallest absolute Gasteiger partial charge is 0.247 e. The molecule has 0 aliphatic heterocycles. The zero-order valence-corrected chi connectivity index (χ0v) is 18.9. The van der Waals surface area contributed by atoms with Crippen LogP contribution in [-0.2, 0) is 27.4 Å². The van der Waals surface area contributed by atoms with Crippen molar-refractivity contribution in [2.75, 3.05) is 20.3 Å². The molecule has 4 aromatic rings. The average Bonchev–Trinajstić information content (AvgIpc) is 3.50. The first-order chi connectivity index (χ1) is 16.2. The van der Waals surface area contributed by atoms with Crippen molar-refractivity contribution < 1.29 is 14.3 Å². The Morgan fingerprint density at radius 1 is 1.15 bits per heavy atom. The number of para-hydroxylation sites is 1. The van der Waals surface area contributed by atoms with Gasteiger partial charge in [0.2, 0.25) is 11.8 Å². The first-order valence-electron chi connectivity index (χ1n) is 10.4. The minimum absolute atomic E-state index is 0.0428. The van der Waals surface area contributed by atoms with E-state index in [1.165, 1.54) is 11.3 Å². The third kappa shape index (κ3) is 5.41. The van der Waals surface area contributed by atoms with E-state index >= 15 is 0 Å². The Hall–Kier alpha value is -3.63. The Balaban J connectivity index is 1.68. The standard InChI is InChI=1S/C23H24N6O3S/c1-32-13-12-25-23(31)22(17-8-10-24-11-9-17)28(15-18-5-4-14-33-18)21(30)16-29-20-7-3-2-6-19(20)26-27-29/h2-11,14,22H,12-13,15-16H2,1H3,(H,25,31). The highest BCUT2D eigenvalue weighted by atomic mass is 32.1. The highest BCUT2D eigenvalue weighted by Gasteiger charge is 2.32. The molecule has 0 saturated heterocycles. The molecule has 1 N–H and O–H groups in total. The number of methoxy groups -OCH3 is 1. The van der Waals surface area contributed by atoms with Crippen LogP contribution in [0.1, 0.15) is 16.5 Å². The fourth-order valence-electron chi connectivity index (χ4n) is 3.54. The van der Waals surface area contributed by atoms with Crippen molar-refractivity contribution in [1.29, 1.82) is 0 Å². The van der Waals surface area contributed by atoms with Crippen LogP contribution in [0.2, 0.25) is 0 Å². The summed E-state index contributed by atoms with van der Waals surface area (Å²) in [6, 6.07) is 14.0. The number of hydrogen-bond acceptors (Lipinski definition) is 7. The second kappa shape index (κ2) is 10.8. The van der Waals surface area contributed by atoms with Crippen LogP contribution in [0.3, 0.4) is 0 Å². The van der Waals surface area contributed by atoms with Gasteiger partial charge in [-0.25, -0.2) is 4.68 Å². The third-order valence-corrected chi connectivity index (χ3v) is 5.98. The SMILES string of the molecule is COCCNC(=O)C(c1ccncc1)N(Cc1cccs1)C(=O)Cn1nnc2ccccc21. The molecule has 1 aromatic carbocycles. The van der Waals surface area contributed by atoms with Gasteiger partial charge in [0.05, 0.1) is 18.7 Å². The van der Waals surface area contributed by atoms with E-state index in [0.29, 0.717) is 24.2 Å². The molecule has 170 valence electrons. The number of hydrogen-bond donors (Lipinski definition) is 1. The maximum atomic E-state index is 13.7. The molecule has 33 heavy (non-hydrogen) atoms. The molecule has 0 bridgehead atoms. The van der Waals surface area contributed by atoms with Gasteiger partial charge in [-0.2, -0.15) is 0 Å². The zero-order chi connectivity index (χ0) is 23.0. The molecule has 2 amide bonds. The van der Waals surface area contributed by atoms with Gasteiger partial charge in [-0.05, 0) is 41.3 Å². The van der Waals surface area contributed by atoms with E-state index in [4.69, 9.17) is 4.74 Å². The van der Waals surface area contributed by atoms with E-state index in [0.717, 1.165) is 10.4 Å². The van der Waals surface area contributed by atoms with E-state index in [2.05, 4.69) is 20.6 Å². The average molecular weight is 465 g/mol. The van der Waals surface area contributed by atoms with Crippen LogP contribution in [0, 0.1) is 0 Å². The molecule has 0 fully saturated rings. The number of carbonyl (C=O) groups excluding carboxylic acids is 2. The van der Waals surface area contributed by atoms with Crippen molar-refractivity contribution in [3.63, 3.8) is 0 Å². The van der Waals surface area contributed by atoms with Crippen LogP contribution in [0.4, 0.5) is 0 Å². The molecule has 3 aromatic heterocycles. The first-order valence-corrected chi connectivity index (χ1v) is 11.3. The van der Waals surface area contributed by atoms with Gasteiger partial charge >= 0.3 is 0 Å².